The molecule has 0 aromatic heterocycles. The summed E-state index contributed by atoms with van der Waals surface area (Å²) in [5.74, 6) is -0.991. The number of hydrogen-bond donors (Lipinski definition) is 1. The first kappa shape index (κ1) is 18.2. The Bertz CT molecular complexity index is 872. The molecule has 136 valence electrons. The van der Waals surface area contributed by atoms with Crippen LogP contribution < -0.4 is 15.0 Å². The van der Waals surface area contributed by atoms with E-state index in [0.29, 0.717) is 22.1 Å². The molecule has 0 spiro atoms. The van der Waals surface area contributed by atoms with Gasteiger partial charge < -0.3 is 15.0 Å². The summed E-state index contributed by atoms with van der Waals surface area (Å²) in [6, 6.07) is 9.16. The van der Waals surface area contributed by atoms with Crippen LogP contribution in [0.5, 0.6) is 5.75 Å². The highest BCUT2D eigenvalue weighted by molar-refractivity contribution is 6.31. The molecule has 1 heterocycles. The number of nitrogens with one attached hydrogen (secondary N) is 1. The standard InChI is InChI=1S/C19H18ClFN2O3/c1-11-3-5-14(21)9-15(11)22-19(25)12-7-18(24)23(10-12)16-8-13(20)4-6-17(16)26-2/h3-6,8-9,12H,7,10H2,1-2H3,(H,22,25)/t12-/m1/s1. The zero-order valence-corrected chi connectivity index (χ0v) is 15.1. The lowest BCUT2D eigenvalue weighted by Gasteiger charge is -2.20. The Kier molecular flexibility index (Phi) is 5.13. The number of nitrogens with zero attached hydrogens (tertiary/aromatic N) is 1. The number of hydrogen-bond acceptors (Lipinski definition) is 3. The van der Waals surface area contributed by atoms with Crippen molar-refractivity contribution in [2.24, 2.45) is 5.92 Å². The number of amides is 2. The van der Waals surface area contributed by atoms with Crippen molar-refractivity contribution in [2.45, 2.75) is 13.3 Å². The molecule has 2 amide bonds. The van der Waals surface area contributed by atoms with Crippen LogP contribution in [0.3, 0.4) is 0 Å². The monoisotopic (exact) mass is 376 g/mol. The van der Waals surface area contributed by atoms with Crippen LogP contribution in [0, 0.1) is 18.7 Å². The van der Waals surface area contributed by atoms with E-state index in [0.717, 1.165) is 5.56 Å². The second-order valence-corrected chi connectivity index (χ2v) is 6.61. The predicted octanol–water partition coefficient (Wildman–Crippen LogP) is 3.79. The Morgan fingerprint density at radius 3 is 2.81 bits per heavy atom. The number of methoxy groups -OCH3 is 1. The molecule has 1 saturated heterocycles. The third-order valence-electron chi connectivity index (χ3n) is 4.39. The number of anilines is 2. The molecule has 0 bridgehead atoms. The fraction of sp³-hybridized carbons (Fsp3) is 0.263. The highest BCUT2D eigenvalue weighted by Gasteiger charge is 2.36. The van der Waals surface area contributed by atoms with Gasteiger partial charge in [-0.2, -0.15) is 0 Å². The van der Waals surface area contributed by atoms with E-state index in [1.165, 1.54) is 24.1 Å². The van der Waals surface area contributed by atoms with Crippen molar-refractivity contribution < 1.29 is 18.7 Å². The number of rotatable bonds is 4. The van der Waals surface area contributed by atoms with Crippen LogP contribution in [-0.4, -0.2) is 25.5 Å². The first-order chi connectivity index (χ1) is 12.4. The molecule has 5 nitrogen and oxygen atoms in total. The van der Waals surface area contributed by atoms with Gasteiger partial charge in [-0.1, -0.05) is 17.7 Å². The van der Waals surface area contributed by atoms with Crippen LogP contribution >= 0.6 is 11.6 Å². The lowest BCUT2D eigenvalue weighted by Crippen LogP contribution is -2.28. The molecule has 0 radical (unpaired) electrons. The van der Waals surface area contributed by atoms with E-state index < -0.39 is 11.7 Å². The Morgan fingerprint density at radius 1 is 1.31 bits per heavy atom. The number of halogens is 2. The number of carbonyl (C=O) groups is 2. The minimum atomic E-state index is -0.547. The van der Waals surface area contributed by atoms with Gasteiger partial charge in [-0.05, 0) is 42.8 Å². The summed E-state index contributed by atoms with van der Waals surface area (Å²) in [6.07, 6.45) is 0.0653. The van der Waals surface area contributed by atoms with E-state index >= 15 is 0 Å². The first-order valence-corrected chi connectivity index (χ1v) is 8.47. The zero-order valence-electron chi connectivity index (χ0n) is 14.4. The maximum absolute atomic E-state index is 13.4. The minimum Gasteiger partial charge on any atom is -0.495 e. The average molecular weight is 377 g/mol. The second-order valence-electron chi connectivity index (χ2n) is 6.17. The molecule has 26 heavy (non-hydrogen) atoms. The van der Waals surface area contributed by atoms with Crippen molar-refractivity contribution in [1.29, 1.82) is 0 Å². The van der Waals surface area contributed by atoms with E-state index in [9.17, 15) is 14.0 Å². The molecule has 0 aliphatic carbocycles. The highest BCUT2D eigenvalue weighted by atomic mass is 35.5. The van der Waals surface area contributed by atoms with Gasteiger partial charge in [-0.15, -0.1) is 0 Å². The van der Waals surface area contributed by atoms with Crippen molar-refractivity contribution in [1.82, 2.24) is 0 Å². The fourth-order valence-corrected chi connectivity index (χ4v) is 3.12. The Labute approximate surface area is 155 Å². The number of carbonyl (C=O) groups excluding carboxylic acids is 2. The molecule has 1 aliphatic heterocycles. The summed E-state index contributed by atoms with van der Waals surface area (Å²) in [5, 5.41) is 3.18. The van der Waals surface area contributed by atoms with Crippen molar-refractivity contribution in [3.8, 4) is 5.75 Å². The van der Waals surface area contributed by atoms with Gasteiger partial charge in [-0.25, -0.2) is 4.39 Å². The maximum atomic E-state index is 13.4. The molecular formula is C19H18ClFN2O3. The number of benzene rings is 2. The van der Waals surface area contributed by atoms with Crippen molar-refractivity contribution in [3.63, 3.8) is 0 Å². The molecule has 0 unspecified atom stereocenters. The highest BCUT2D eigenvalue weighted by Crippen LogP contribution is 2.35. The van der Waals surface area contributed by atoms with Gasteiger partial charge in [0, 0.05) is 23.7 Å². The summed E-state index contributed by atoms with van der Waals surface area (Å²) in [5.41, 5.74) is 1.68. The van der Waals surface area contributed by atoms with Gasteiger partial charge in [0.05, 0.1) is 18.7 Å². The first-order valence-electron chi connectivity index (χ1n) is 8.10. The third kappa shape index (κ3) is 3.65. The molecule has 1 fully saturated rings. The maximum Gasteiger partial charge on any atom is 0.229 e. The summed E-state index contributed by atoms with van der Waals surface area (Å²) in [7, 11) is 1.50. The summed E-state index contributed by atoms with van der Waals surface area (Å²) in [6.45, 7) is 1.98. The smallest absolute Gasteiger partial charge is 0.229 e. The molecule has 1 aliphatic rings. The summed E-state index contributed by atoms with van der Waals surface area (Å²) in [4.78, 5) is 26.5. The van der Waals surface area contributed by atoms with E-state index in [2.05, 4.69) is 5.32 Å². The topological polar surface area (TPSA) is 58.6 Å². The Morgan fingerprint density at radius 2 is 2.08 bits per heavy atom. The van der Waals surface area contributed by atoms with Crippen LogP contribution in [0.25, 0.3) is 0 Å². The second kappa shape index (κ2) is 7.33. The van der Waals surface area contributed by atoms with E-state index in [1.54, 1.807) is 31.2 Å². The van der Waals surface area contributed by atoms with Gasteiger partial charge in [-0.3, -0.25) is 9.59 Å². The van der Waals surface area contributed by atoms with Gasteiger partial charge in [0.2, 0.25) is 11.8 Å². The van der Waals surface area contributed by atoms with E-state index in [1.807, 2.05) is 0 Å². The normalized spacial score (nSPS) is 16.7. The zero-order chi connectivity index (χ0) is 18.8. The van der Waals surface area contributed by atoms with Crippen LogP contribution in [0.2, 0.25) is 5.02 Å². The SMILES string of the molecule is COc1ccc(Cl)cc1N1C[C@H](C(=O)Nc2cc(F)ccc2C)CC1=O. The quantitative estimate of drug-likeness (QED) is 0.883. The van der Waals surface area contributed by atoms with Crippen LogP contribution in [0.15, 0.2) is 36.4 Å². The van der Waals surface area contributed by atoms with Gasteiger partial charge in [0.25, 0.3) is 0 Å². The lowest BCUT2D eigenvalue weighted by molar-refractivity contribution is -0.122. The molecule has 3 rings (SSSR count). The molecule has 7 heteroatoms. The van der Waals surface area contributed by atoms with Crippen molar-refractivity contribution in [3.05, 3.63) is 52.8 Å². The average Bonchev–Trinajstić information content (AvgIpc) is 3.00. The molecular weight excluding hydrogens is 359 g/mol. The number of ether oxygens (including phenoxy) is 1. The molecule has 2 aromatic carbocycles. The molecule has 2 aromatic rings. The summed E-state index contributed by atoms with van der Waals surface area (Å²) >= 11 is 6.03. The Hall–Kier alpha value is -2.60. The third-order valence-corrected chi connectivity index (χ3v) is 4.62. The van der Waals surface area contributed by atoms with Crippen LogP contribution in [0.1, 0.15) is 12.0 Å². The lowest BCUT2D eigenvalue weighted by atomic mass is 10.1. The van der Waals surface area contributed by atoms with Gasteiger partial charge >= 0.3 is 0 Å². The summed E-state index contributed by atoms with van der Waals surface area (Å²) < 4.78 is 18.7. The molecule has 1 atom stereocenters. The fourth-order valence-electron chi connectivity index (χ4n) is 2.95. The van der Waals surface area contributed by atoms with Gasteiger partial charge in [0.15, 0.2) is 0 Å². The van der Waals surface area contributed by atoms with Crippen molar-refractivity contribution in [2.75, 3.05) is 23.9 Å². The van der Waals surface area contributed by atoms with Crippen molar-refractivity contribution >= 4 is 34.8 Å². The predicted molar refractivity (Wildman–Crippen MR) is 98.2 cm³/mol. The van der Waals surface area contributed by atoms with E-state index in [4.69, 9.17) is 16.3 Å². The van der Waals surface area contributed by atoms with Crippen LogP contribution in [-0.2, 0) is 9.59 Å². The number of aryl methyl sites for hydroxylation is 1. The minimum absolute atomic E-state index is 0.0653. The van der Waals surface area contributed by atoms with E-state index in [-0.39, 0.29) is 24.8 Å². The molecule has 1 N–H and O–H groups in total. The molecule has 0 saturated carbocycles. The van der Waals surface area contributed by atoms with Crippen LogP contribution in [0.4, 0.5) is 15.8 Å². The largest absolute Gasteiger partial charge is 0.495 e. The van der Waals surface area contributed by atoms with Gasteiger partial charge in [0.1, 0.15) is 11.6 Å². The Balaban J connectivity index is 1.78.